The van der Waals surface area contributed by atoms with Crippen molar-refractivity contribution in [3.8, 4) is 0 Å². The molecule has 1 N–H and O–H groups in total. The monoisotopic (exact) mass is 549 g/mol. The zero-order valence-electron chi connectivity index (χ0n) is 19.5. The lowest BCUT2D eigenvalue weighted by Gasteiger charge is -2.32. The van der Waals surface area contributed by atoms with Crippen LogP contribution in [0.1, 0.15) is 32.3 Å². The molecule has 1 atom stereocenters. The zero-order valence-corrected chi connectivity index (χ0v) is 21.9. The van der Waals surface area contributed by atoms with Crippen LogP contribution in [-0.4, -0.2) is 50.5 Å². The van der Waals surface area contributed by atoms with Crippen molar-refractivity contribution in [2.75, 3.05) is 23.7 Å². The van der Waals surface area contributed by atoms with Crippen LogP contribution in [0.5, 0.6) is 0 Å². The second kappa shape index (κ2) is 12.5. The summed E-state index contributed by atoms with van der Waals surface area (Å²) >= 11 is 12.5. The molecule has 35 heavy (non-hydrogen) atoms. The van der Waals surface area contributed by atoms with Crippen molar-refractivity contribution >= 4 is 50.7 Å². The number of sulfonamides is 1. The van der Waals surface area contributed by atoms with Gasteiger partial charge in [0.15, 0.2) is 11.6 Å². The Bertz CT molecular complexity index is 1160. The van der Waals surface area contributed by atoms with Crippen LogP contribution < -0.4 is 9.62 Å². The molecule has 192 valence electrons. The van der Waals surface area contributed by atoms with Crippen molar-refractivity contribution < 1.29 is 26.8 Å². The molecule has 0 bridgehead atoms. The van der Waals surface area contributed by atoms with Crippen molar-refractivity contribution in [1.82, 2.24) is 10.2 Å². The van der Waals surface area contributed by atoms with Gasteiger partial charge in [0.05, 0.1) is 11.9 Å². The van der Waals surface area contributed by atoms with Crippen LogP contribution in [0.3, 0.4) is 0 Å². The zero-order chi connectivity index (χ0) is 26.3. The summed E-state index contributed by atoms with van der Waals surface area (Å²) in [6.45, 7) is 2.90. The van der Waals surface area contributed by atoms with E-state index in [4.69, 9.17) is 23.2 Å². The van der Waals surface area contributed by atoms with Gasteiger partial charge in [-0.1, -0.05) is 42.6 Å². The number of hydrogen-bond acceptors (Lipinski definition) is 4. The SMILES string of the molecule is CCCCNC(=O)[C@H](C)N(Cc1c(Cl)cccc1Cl)C(=O)CN(c1ccc(F)c(F)c1)S(C)(=O)=O. The minimum atomic E-state index is -4.08. The lowest BCUT2D eigenvalue weighted by Crippen LogP contribution is -2.51. The summed E-state index contributed by atoms with van der Waals surface area (Å²) in [7, 11) is -4.08. The van der Waals surface area contributed by atoms with Crippen LogP contribution in [0.15, 0.2) is 36.4 Å². The van der Waals surface area contributed by atoms with E-state index < -0.39 is 46.1 Å². The number of halogens is 4. The predicted molar refractivity (Wildman–Crippen MR) is 133 cm³/mol. The highest BCUT2D eigenvalue weighted by atomic mass is 35.5. The number of rotatable bonds is 11. The number of carbonyl (C=O) groups is 2. The van der Waals surface area contributed by atoms with E-state index in [1.165, 1.54) is 6.92 Å². The summed E-state index contributed by atoms with van der Waals surface area (Å²) < 4.78 is 52.7. The lowest BCUT2D eigenvalue weighted by molar-refractivity contribution is -0.139. The molecule has 0 unspecified atom stereocenters. The van der Waals surface area contributed by atoms with Crippen LogP contribution in [0.2, 0.25) is 10.0 Å². The summed E-state index contributed by atoms with van der Waals surface area (Å²) in [5.41, 5.74) is 0.131. The van der Waals surface area contributed by atoms with Crippen molar-refractivity contribution in [3.05, 3.63) is 63.6 Å². The molecule has 2 rings (SSSR count). The molecule has 0 aliphatic carbocycles. The standard InChI is InChI=1S/C23H27Cl2F2N3O4S/c1-4-5-11-28-23(32)15(2)29(13-17-18(24)7-6-8-19(17)25)22(31)14-30(35(3,33)34)16-9-10-20(26)21(27)12-16/h6-10,12,15H,4-5,11,13-14H2,1-3H3,(H,28,32)/t15-/m0/s1. The van der Waals surface area contributed by atoms with Crippen molar-refractivity contribution in [3.63, 3.8) is 0 Å². The minimum absolute atomic E-state index is 0.185. The second-order valence-electron chi connectivity index (χ2n) is 7.91. The Labute approximate surface area is 214 Å². The largest absolute Gasteiger partial charge is 0.354 e. The maximum atomic E-state index is 13.8. The van der Waals surface area contributed by atoms with E-state index in [0.717, 1.165) is 36.1 Å². The van der Waals surface area contributed by atoms with E-state index >= 15 is 0 Å². The van der Waals surface area contributed by atoms with E-state index in [2.05, 4.69) is 5.32 Å². The number of nitrogens with zero attached hydrogens (tertiary/aromatic N) is 2. The first kappa shape index (κ1) is 28.8. The Morgan fingerprint density at radius 2 is 1.71 bits per heavy atom. The maximum absolute atomic E-state index is 13.8. The predicted octanol–water partition coefficient (Wildman–Crippen LogP) is 4.37. The third-order valence-electron chi connectivity index (χ3n) is 5.26. The molecule has 2 aromatic rings. The van der Waals surface area contributed by atoms with E-state index in [0.29, 0.717) is 22.5 Å². The first-order valence-corrected chi connectivity index (χ1v) is 13.4. The molecule has 2 amide bonds. The van der Waals surface area contributed by atoms with Gasteiger partial charge in [0.25, 0.3) is 0 Å². The third kappa shape index (κ3) is 7.78. The molecule has 12 heteroatoms. The number of carbonyl (C=O) groups excluding carboxylic acids is 2. The van der Waals surface area contributed by atoms with Gasteiger partial charge in [-0.3, -0.25) is 13.9 Å². The number of amides is 2. The fourth-order valence-corrected chi connectivity index (χ4v) is 4.58. The van der Waals surface area contributed by atoms with E-state index in [9.17, 15) is 26.8 Å². The van der Waals surface area contributed by atoms with Gasteiger partial charge in [0, 0.05) is 34.8 Å². The van der Waals surface area contributed by atoms with Gasteiger partial charge in [-0.2, -0.15) is 0 Å². The Morgan fingerprint density at radius 1 is 1.09 bits per heavy atom. The third-order valence-corrected chi connectivity index (χ3v) is 7.11. The fourth-order valence-electron chi connectivity index (χ4n) is 3.23. The summed E-state index contributed by atoms with van der Waals surface area (Å²) in [6, 6.07) is 6.23. The topological polar surface area (TPSA) is 86.8 Å². The molecule has 0 fully saturated rings. The number of unbranched alkanes of at least 4 members (excludes halogenated alkanes) is 1. The summed E-state index contributed by atoms with van der Waals surface area (Å²) in [5, 5.41) is 3.26. The number of benzene rings is 2. The highest BCUT2D eigenvalue weighted by Gasteiger charge is 2.31. The molecule has 0 aliphatic heterocycles. The van der Waals surface area contributed by atoms with Gasteiger partial charge in [0.2, 0.25) is 21.8 Å². The Hall–Kier alpha value is -2.43. The van der Waals surface area contributed by atoms with Crippen LogP contribution in [0, 0.1) is 11.6 Å². The van der Waals surface area contributed by atoms with E-state index in [1.807, 2.05) is 6.92 Å². The van der Waals surface area contributed by atoms with Crippen LogP contribution in [0.25, 0.3) is 0 Å². The normalized spacial score (nSPS) is 12.2. The van der Waals surface area contributed by atoms with Crippen molar-refractivity contribution in [2.24, 2.45) is 0 Å². The molecule has 0 spiro atoms. The van der Waals surface area contributed by atoms with Gasteiger partial charge in [-0.15, -0.1) is 0 Å². The lowest BCUT2D eigenvalue weighted by atomic mass is 10.1. The number of anilines is 1. The Balaban J connectivity index is 2.43. The molecular weight excluding hydrogens is 523 g/mol. The summed E-state index contributed by atoms with van der Waals surface area (Å²) in [4.78, 5) is 27.3. The first-order chi connectivity index (χ1) is 16.4. The average molecular weight is 550 g/mol. The van der Waals surface area contributed by atoms with Crippen LogP contribution in [-0.2, 0) is 26.2 Å². The molecule has 0 radical (unpaired) electrons. The fraction of sp³-hybridized carbons (Fsp3) is 0.391. The van der Waals surface area contributed by atoms with Gasteiger partial charge in [0.1, 0.15) is 12.6 Å². The molecule has 0 heterocycles. The van der Waals surface area contributed by atoms with Crippen LogP contribution >= 0.6 is 23.2 Å². The highest BCUT2D eigenvalue weighted by Crippen LogP contribution is 2.27. The molecule has 0 aromatic heterocycles. The molecule has 0 aliphatic rings. The Kier molecular flexibility index (Phi) is 10.3. The first-order valence-electron chi connectivity index (χ1n) is 10.8. The molecule has 0 saturated heterocycles. The van der Waals surface area contributed by atoms with E-state index in [-0.39, 0.29) is 22.3 Å². The molecule has 2 aromatic carbocycles. The number of nitrogens with one attached hydrogen (secondary N) is 1. The quantitative estimate of drug-likeness (QED) is 0.421. The molecule has 7 nitrogen and oxygen atoms in total. The molecule has 0 saturated carbocycles. The van der Waals surface area contributed by atoms with Gasteiger partial charge < -0.3 is 10.2 Å². The van der Waals surface area contributed by atoms with E-state index in [1.54, 1.807) is 18.2 Å². The van der Waals surface area contributed by atoms with Crippen LogP contribution in [0.4, 0.5) is 14.5 Å². The Morgan fingerprint density at radius 3 is 2.26 bits per heavy atom. The summed E-state index contributed by atoms with van der Waals surface area (Å²) in [6.07, 6.45) is 2.42. The summed E-state index contributed by atoms with van der Waals surface area (Å²) in [5.74, 6) is -3.66. The second-order valence-corrected chi connectivity index (χ2v) is 10.6. The smallest absolute Gasteiger partial charge is 0.244 e. The molecular formula is C23H27Cl2F2N3O4S. The number of hydrogen-bond donors (Lipinski definition) is 1. The van der Waals surface area contributed by atoms with Gasteiger partial charge >= 0.3 is 0 Å². The van der Waals surface area contributed by atoms with Crippen molar-refractivity contribution in [1.29, 1.82) is 0 Å². The highest BCUT2D eigenvalue weighted by molar-refractivity contribution is 7.92. The van der Waals surface area contributed by atoms with Crippen molar-refractivity contribution in [2.45, 2.75) is 39.3 Å². The van der Waals surface area contributed by atoms with Gasteiger partial charge in [-0.05, 0) is 37.6 Å². The maximum Gasteiger partial charge on any atom is 0.244 e. The van der Waals surface area contributed by atoms with Gasteiger partial charge in [-0.25, -0.2) is 17.2 Å². The minimum Gasteiger partial charge on any atom is -0.354 e. The average Bonchev–Trinajstić information content (AvgIpc) is 2.78.